The van der Waals surface area contributed by atoms with Crippen LogP contribution in [0.25, 0.3) is 0 Å². The first-order valence-electron chi connectivity index (χ1n) is 19.4. The van der Waals surface area contributed by atoms with Gasteiger partial charge < -0.3 is 29.6 Å². The van der Waals surface area contributed by atoms with Crippen LogP contribution in [0.1, 0.15) is 110 Å². The van der Waals surface area contributed by atoms with E-state index in [9.17, 15) is 19.2 Å². The van der Waals surface area contributed by atoms with Crippen molar-refractivity contribution in [3.8, 4) is 11.5 Å². The summed E-state index contributed by atoms with van der Waals surface area (Å²) in [5.74, 6) is -0.463. The number of carbonyl (C=O) groups is 4. The Morgan fingerprint density at radius 1 is 0.618 bits per heavy atom. The number of rotatable bonds is 12. The van der Waals surface area contributed by atoms with Gasteiger partial charge in [0.15, 0.2) is 11.6 Å². The molecule has 292 valence electrons. The third-order valence-electron chi connectivity index (χ3n) is 10.7. The van der Waals surface area contributed by atoms with Gasteiger partial charge >= 0.3 is 11.9 Å². The van der Waals surface area contributed by atoms with Crippen molar-refractivity contribution < 1.29 is 38.1 Å². The lowest BCUT2D eigenvalue weighted by atomic mass is 9.68. The molecule has 2 aliphatic carbocycles. The fourth-order valence-corrected chi connectivity index (χ4v) is 8.45. The van der Waals surface area contributed by atoms with Crippen molar-refractivity contribution in [3.63, 3.8) is 0 Å². The van der Waals surface area contributed by atoms with Crippen LogP contribution < -0.4 is 20.1 Å². The minimum absolute atomic E-state index is 0.0441. The zero-order valence-corrected chi connectivity index (χ0v) is 33.4. The largest absolute Gasteiger partial charge is 0.493 e. The zero-order chi connectivity index (χ0) is 39.7. The third-order valence-corrected chi connectivity index (χ3v) is 10.7. The van der Waals surface area contributed by atoms with Gasteiger partial charge in [0.05, 0.1) is 37.6 Å². The van der Waals surface area contributed by atoms with Gasteiger partial charge in [0.2, 0.25) is 0 Å². The molecular weight excluding hydrogens is 697 g/mol. The highest BCUT2D eigenvalue weighted by Gasteiger charge is 2.44. The Morgan fingerprint density at radius 3 is 1.33 bits per heavy atom. The number of esters is 2. The highest BCUT2D eigenvalue weighted by Crippen LogP contribution is 2.48. The second-order valence-corrected chi connectivity index (χ2v) is 16.5. The molecular formula is C45H54N2O8. The highest BCUT2D eigenvalue weighted by atomic mass is 16.5. The Morgan fingerprint density at radius 2 is 0.982 bits per heavy atom. The van der Waals surface area contributed by atoms with E-state index in [4.69, 9.17) is 18.9 Å². The van der Waals surface area contributed by atoms with Crippen LogP contribution in [0.2, 0.25) is 0 Å². The van der Waals surface area contributed by atoms with Crippen LogP contribution in [0.15, 0.2) is 93.6 Å². The molecule has 0 fully saturated rings. The van der Waals surface area contributed by atoms with Crippen molar-refractivity contribution in [2.75, 3.05) is 26.4 Å². The lowest BCUT2D eigenvalue weighted by Gasteiger charge is -2.39. The number of Topliss-reactive ketones (excluding diaryl/α,β-unsaturated/α-hetero) is 2. The molecule has 0 aromatic heterocycles. The second-order valence-electron chi connectivity index (χ2n) is 16.5. The quantitative estimate of drug-likeness (QED) is 0.163. The standard InChI is InChI=1S/C45H54N2O8/c1-9-52-42(50)36-26(3)46-32-22-44(5,6)24-34(48)40(32)38(36)28-12-16-30(17-13-28)54-20-11-21-55-31-18-14-29(15-19-31)39-37(43(51)53-10-2)27(4)47-33-23-45(7,8)25-35(49)41(33)39/h12-19,38-39,46-47H,9-11,20-25H2,1-8H3. The Bertz CT molecular complexity index is 1850. The smallest absolute Gasteiger partial charge is 0.336 e. The van der Waals surface area contributed by atoms with Crippen molar-refractivity contribution in [1.82, 2.24) is 10.6 Å². The van der Waals surface area contributed by atoms with Crippen molar-refractivity contribution in [2.24, 2.45) is 10.8 Å². The van der Waals surface area contributed by atoms with E-state index in [1.165, 1.54) is 0 Å². The highest BCUT2D eigenvalue weighted by molar-refractivity contribution is 6.05. The van der Waals surface area contributed by atoms with E-state index in [0.717, 1.165) is 35.4 Å². The summed E-state index contributed by atoms with van der Waals surface area (Å²) in [6.07, 6.45) is 2.89. The number of allylic oxidation sites excluding steroid dienone is 6. The molecule has 0 radical (unpaired) electrons. The molecule has 6 rings (SSSR count). The molecule has 2 aliphatic heterocycles. The minimum atomic E-state index is -0.520. The predicted molar refractivity (Wildman–Crippen MR) is 209 cm³/mol. The number of carbonyl (C=O) groups excluding carboxylic acids is 4. The summed E-state index contributed by atoms with van der Waals surface area (Å²) in [4.78, 5) is 53.4. The first kappa shape index (κ1) is 39.6. The third kappa shape index (κ3) is 8.43. The lowest BCUT2D eigenvalue weighted by molar-refractivity contribution is -0.139. The average molecular weight is 751 g/mol. The molecule has 2 N–H and O–H groups in total. The molecule has 2 unspecified atom stereocenters. The molecule has 2 aromatic carbocycles. The normalized spacial score (nSPS) is 21.7. The second kappa shape index (κ2) is 15.9. The van der Waals surface area contributed by atoms with E-state index >= 15 is 0 Å². The molecule has 2 atom stereocenters. The lowest BCUT2D eigenvalue weighted by Crippen LogP contribution is -2.38. The van der Waals surface area contributed by atoms with Crippen LogP contribution in [0.5, 0.6) is 11.5 Å². The first-order chi connectivity index (χ1) is 26.1. The van der Waals surface area contributed by atoms with E-state index in [0.29, 0.717) is 77.7 Å². The summed E-state index contributed by atoms with van der Waals surface area (Å²) in [6.45, 7) is 16.9. The Balaban J connectivity index is 1.09. The Labute approximate surface area is 324 Å². The molecule has 0 saturated carbocycles. The molecule has 55 heavy (non-hydrogen) atoms. The SMILES string of the molecule is CCOC(=O)C1=C(C)NC2=C(C(=O)CC(C)(C)C2)C1c1ccc(OCCCOc2ccc(C3C(C(=O)OCC)=C(C)NC4=C3C(=O)CC(C)(C)C4)cc2)cc1. The van der Waals surface area contributed by atoms with Crippen LogP contribution in [-0.4, -0.2) is 49.9 Å². The minimum Gasteiger partial charge on any atom is -0.493 e. The number of ether oxygens (including phenoxy) is 4. The molecule has 0 saturated heterocycles. The van der Waals surface area contributed by atoms with Crippen molar-refractivity contribution >= 4 is 23.5 Å². The Hall–Kier alpha value is -5.12. The molecule has 0 bridgehead atoms. The zero-order valence-electron chi connectivity index (χ0n) is 33.4. The van der Waals surface area contributed by atoms with Crippen LogP contribution in [0.3, 0.4) is 0 Å². The fourth-order valence-electron chi connectivity index (χ4n) is 8.45. The number of nitrogens with one attached hydrogen (secondary N) is 2. The topological polar surface area (TPSA) is 129 Å². The number of hydrogen-bond acceptors (Lipinski definition) is 10. The number of dihydropyridines is 2. The number of benzene rings is 2. The van der Waals surface area contributed by atoms with Crippen LogP contribution in [0, 0.1) is 10.8 Å². The van der Waals surface area contributed by atoms with E-state index in [1.54, 1.807) is 13.8 Å². The summed E-state index contributed by atoms with van der Waals surface area (Å²) in [5, 5.41) is 6.73. The maximum Gasteiger partial charge on any atom is 0.336 e. The Kier molecular flexibility index (Phi) is 11.5. The van der Waals surface area contributed by atoms with Gasteiger partial charge in [0.1, 0.15) is 11.5 Å². The molecule has 10 nitrogen and oxygen atoms in total. The number of hydrogen-bond donors (Lipinski definition) is 2. The summed E-state index contributed by atoms with van der Waals surface area (Å²) >= 11 is 0. The van der Waals surface area contributed by atoms with E-state index < -0.39 is 23.8 Å². The van der Waals surface area contributed by atoms with Crippen molar-refractivity contribution in [1.29, 1.82) is 0 Å². The van der Waals surface area contributed by atoms with Gasteiger partial charge in [-0.2, -0.15) is 0 Å². The summed E-state index contributed by atoms with van der Waals surface area (Å²) in [5.41, 5.74) is 6.69. The van der Waals surface area contributed by atoms with Gasteiger partial charge in [-0.15, -0.1) is 0 Å². The van der Waals surface area contributed by atoms with Gasteiger partial charge in [-0.3, -0.25) is 9.59 Å². The van der Waals surface area contributed by atoms with E-state index in [-0.39, 0.29) is 35.6 Å². The molecule has 4 aliphatic rings. The summed E-state index contributed by atoms with van der Waals surface area (Å²) in [6, 6.07) is 15.1. The predicted octanol–water partition coefficient (Wildman–Crippen LogP) is 7.87. The van der Waals surface area contributed by atoms with Gasteiger partial charge in [-0.1, -0.05) is 52.0 Å². The fraction of sp³-hybridized carbons (Fsp3) is 0.467. The molecule has 10 heteroatoms. The number of ketones is 2. The van der Waals surface area contributed by atoms with Gasteiger partial charge in [0.25, 0.3) is 0 Å². The summed E-state index contributed by atoms with van der Waals surface area (Å²) in [7, 11) is 0. The van der Waals surface area contributed by atoms with Gasteiger partial charge in [-0.05, 0) is 86.8 Å². The maximum absolute atomic E-state index is 13.5. The molecule has 2 heterocycles. The van der Waals surface area contributed by atoms with E-state index in [1.807, 2.05) is 62.4 Å². The summed E-state index contributed by atoms with van der Waals surface area (Å²) < 4.78 is 23.0. The van der Waals surface area contributed by atoms with Crippen LogP contribution in [-0.2, 0) is 28.7 Å². The van der Waals surface area contributed by atoms with Crippen LogP contribution >= 0.6 is 0 Å². The van der Waals surface area contributed by atoms with Crippen LogP contribution in [0.4, 0.5) is 0 Å². The van der Waals surface area contributed by atoms with Crippen molar-refractivity contribution in [2.45, 2.75) is 99.3 Å². The van der Waals surface area contributed by atoms with E-state index in [2.05, 4.69) is 38.3 Å². The first-order valence-corrected chi connectivity index (χ1v) is 19.4. The maximum atomic E-state index is 13.5. The molecule has 0 spiro atoms. The molecule has 0 amide bonds. The molecule has 2 aromatic rings. The van der Waals surface area contributed by atoms with Gasteiger partial charge in [0, 0.05) is 65.0 Å². The monoisotopic (exact) mass is 750 g/mol. The van der Waals surface area contributed by atoms with Gasteiger partial charge in [-0.25, -0.2) is 9.59 Å². The average Bonchev–Trinajstić information content (AvgIpc) is 3.10. The van der Waals surface area contributed by atoms with Crippen molar-refractivity contribution in [3.05, 3.63) is 105 Å².